The lowest BCUT2D eigenvalue weighted by molar-refractivity contribution is 0.505. The van der Waals surface area contributed by atoms with Crippen LogP contribution in [0.4, 0.5) is 13.2 Å². The fourth-order valence-electron chi connectivity index (χ4n) is 0.619. The molecule has 0 aromatic carbocycles. The van der Waals surface area contributed by atoms with E-state index in [-0.39, 0.29) is 0 Å². The summed E-state index contributed by atoms with van der Waals surface area (Å²) in [5, 5.41) is 0. The SMILES string of the molecule is FC1=CC=CC(F)=C(F)C1. The summed E-state index contributed by atoms with van der Waals surface area (Å²) in [6, 6.07) is 0. The van der Waals surface area contributed by atoms with Gasteiger partial charge < -0.3 is 0 Å². The lowest BCUT2D eigenvalue weighted by atomic mass is 10.3. The zero-order valence-corrected chi connectivity index (χ0v) is 5.07. The van der Waals surface area contributed by atoms with E-state index in [2.05, 4.69) is 0 Å². The van der Waals surface area contributed by atoms with Crippen LogP contribution in [0.15, 0.2) is 35.7 Å². The van der Waals surface area contributed by atoms with Gasteiger partial charge in [-0.05, 0) is 12.2 Å². The molecule has 0 fully saturated rings. The van der Waals surface area contributed by atoms with Crippen molar-refractivity contribution in [3.05, 3.63) is 35.7 Å². The Morgan fingerprint density at radius 2 is 1.90 bits per heavy atom. The van der Waals surface area contributed by atoms with E-state index < -0.39 is 23.9 Å². The summed E-state index contributed by atoms with van der Waals surface area (Å²) in [5.41, 5.74) is 0. The van der Waals surface area contributed by atoms with Gasteiger partial charge in [-0.3, -0.25) is 0 Å². The van der Waals surface area contributed by atoms with Gasteiger partial charge in [-0.2, -0.15) is 0 Å². The van der Waals surface area contributed by atoms with E-state index >= 15 is 0 Å². The minimum absolute atomic E-state index is 0.571. The van der Waals surface area contributed by atoms with Gasteiger partial charge >= 0.3 is 0 Å². The molecule has 0 saturated carbocycles. The van der Waals surface area contributed by atoms with Crippen molar-refractivity contribution in [1.29, 1.82) is 0 Å². The summed E-state index contributed by atoms with van der Waals surface area (Å²) in [7, 11) is 0. The summed E-state index contributed by atoms with van der Waals surface area (Å²) < 4.78 is 36.7. The van der Waals surface area contributed by atoms with E-state index in [1.54, 1.807) is 0 Å². The van der Waals surface area contributed by atoms with Crippen LogP contribution in [0.3, 0.4) is 0 Å². The van der Waals surface area contributed by atoms with Gasteiger partial charge in [-0.25, -0.2) is 13.2 Å². The van der Waals surface area contributed by atoms with Crippen LogP contribution in [-0.2, 0) is 0 Å². The lowest BCUT2D eigenvalue weighted by Crippen LogP contribution is -1.76. The van der Waals surface area contributed by atoms with E-state index in [1.165, 1.54) is 0 Å². The molecule has 0 aliphatic heterocycles. The summed E-state index contributed by atoms with van der Waals surface area (Å²) in [5.74, 6) is -2.72. The normalized spacial score (nSPS) is 18.9. The molecule has 0 unspecified atom stereocenters. The fourth-order valence-corrected chi connectivity index (χ4v) is 0.619. The maximum Gasteiger partial charge on any atom is 0.155 e. The Bertz CT molecular complexity index is 223. The Kier molecular flexibility index (Phi) is 1.94. The van der Waals surface area contributed by atoms with E-state index in [9.17, 15) is 13.2 Å². The Morgan fingerprint density at radius 3 is 2.60 bits per heavy atom. The maximum absolute atomic E-state index is 12.3. The highest BCUT2D eigenvalue weighted by molar-refractivity contribution is 5.26. The minimum atomic E-state index is -1.05. The molecule has 0 radical (unpaired) electrons. The Hall–Kier alpha value is -0.990. The quantitative estimate of drug-likeness (QED) is 0.492. The third kappa shape index (κ3) is 1.50. The van der Waals surface area contributed by atoms with Gasteiger partial charge in [-0.15, -0.1) is 0 Å². The first-order chi connectivity index (χ1) is 4.70. The van der Waals surface area contributed by atoms with Gasteiger partial charge in [0.25, 0.3) is 0 Å². The predicted molar refractivity (Wildman–Crippen MR) is 32.2 cm³/mol. The maximum atomic E-state index is 12.3. The van der Waals surface area contributed by atoms with Crippen LogP contribution < -0.4 is 0 Å². The molecule has 0 nitrogen and oxygen atoms in total. The molecular formula is C7H5F3. The highest BCUT2D eigenvalue weighted by atomic mass is 19.2. The molecule has 0 bridgehead atoms. The van der Waals surface area contributed by atoms with Crippen molar-refractivity contribution >= 4 is 0 Å². The molecule has 1 aliphatic carbocycles. The Labute approximate surface area is 56.4 Å². The first-order valence-corrected chi connectivity index (χ1v) is 2.77. The first kappa shape index (κ1) is 7.12. The van der Waals surface area contributed by atoms with Crippen molar-refractivity contribution in [1.82, 2.24) is 0 Å². The zero-order valence-electron chi connectivity index (χ0n) is 5.07. The summed E-state index contributed by atoms with van der Waals surface area (Å²) in [6.07, 6.45) is 2.49. The molecule has 0 spiro atoms. The smallest absolute Gasteiger partial charge is 0.155 e. The molecule has 10 heavy (non-hydrogen) atoms. The number of hydrogen-bond acceptors (Lipinski definition) is 0. The first-order valence-electron chi connectivity index (χ1n) is 2.77. The standard InChI is InChI=1S/C7H5F3/c8-5-2-1-3-6(9)7(10)4-5/h1-3H,4H2. The van der Waals surface area contributed by atoms with Crippen LogP contribution in [0.25, 0.3) is 0 Å². The molecule has 0 N–H and O–H groups in total. The van der Waals surface area contributed by atoms with Crippen molar-refractivity contribution in [2.75, 3.05) is 0 Å². The Morgan fingerprint density at radius 1 is 1.20 bits per heavy atom. The van der Waals surface area contributed by atoms with Crippen LogP contribution in [0.5, 0.6) is 0 Å². The van der Waals surface area contributed by atoms with Gasteiger partial charge in [0.1, 0.15) is 11.7 Å². The third-order valence-corrected chi connectivity index (χ3v) is 1.10. The second-order valence-corrected chi connectivity index (χ2v) is 1.90. The van der Waals surface area contributed by atoms with Crippen molar-refractivity contribution < 1.29 is 13.2 Å². The van der Waals surface area contributed by atoms with Gasteiger partial charge in [0.2, 0.25) is 0 Å². The molecule has 1 aliphatic rings. The van der Waals surface area contributed by atoms with Crippen LogP contribution in [-0.4, -0.2) is 0 Å². The molecule has 0 aromatic heterocycles. The van der Waals surface area contributed by atoms with Gasteiger partial charge in [0.05, 0.1) is 6.42 Å². The third-order valence-electron chi connectivity index (χ3n) is 1.10. The molecule has 1 rings (SSSR count). The summed E-state index contributed by atoms with van der Waals surface area (Å²) in [6.45, 7) is 0. The van der Waals surface area contributed by atoms with Crippen LogP contribution >= 0.6 is 0 Å². The van der Waals surface area contributed by atoms with Crippen LogP contribution in [0.2, 0.25) is 0 Å². The monoisotopic (exact) mass is 146 g/mol. The number of allylic oxidation sites excluding steroid dienone is 6. The topological polar surface area (TPSA) is 0 Å². The average molecular weight is 146 g/mol. The van der Waals surface area contributed by atoms with Crippen molar-refractivity contribution in [2.24, 2.45) is 0 Å². The number of rotatable bonds is 0. The zero-order chi connectivity index (χ0) is 7.56. The van der Waals surface area contributed by atoms with Gasteiger partial charge in [-0.1, -0.05) is 6.08 Å². The summed E-state index contributed by atoms with van der Waals surface area (Å²) >= 11 is 0. The van der Waals surface area contributed by atoms with Crippen molar-refractivity contribution in [3.8, 4) is 0 Å². The molecular weight excluding hydrogens is 141 g/mol. The van der Waals surface area contributed by atoms with E-state index in [1.807, 2.05) is 0 Å². The minimum Gasteiger partial charge on any atom is -0.211 e. The Balaban J connectivity index is 2.90. The molecule has 0 aromatic rings. The number of hydrogen-bond donors (Lipinski definition) is 0. The van der Waals surface area contributed by atoms with E-state index in [0.717, 1.165) is 18.2 Å². The van der Waals surface area contributed by atoms with Crippen LogP contribution in [0, 0.1) is 0 Å². The highest BCUT2D eigenvalue weighted by Gasteiger charge is 2.07. The van der Waals surface area contributed by atoms with Crippen LogP contribution in [0.1, 0.15) is 6.42 Å². The van der Waals surface area contributed by atoms with E-state index in [4.69, 9.17) is 0 Å². The van der Waals surface area contributed by atoms with E-state index in [0.29, 0.717) is 0 Å². The second kappa shape index (κ2) is 2.73. The molecule has 3 heteroatoms. The van der Waals surface area contributed by atoms with Gasteiger partial charge in [0.15, 0.2) is 5.83 Å². The average Bonchev–Trinajstić information content (AvgIpc) is 1.96. The molecule has 0 saturated heterocycles. The highest BCUT2D eigenvalue weighted by Crippen LogP contribution is 2.21. The molecule has 0 amide bonds. The summed E-state index contributed by atoms with van der Waals surface area (Å²) in [4.78, 5) is 0. The molecule has 0 heterocycles. The van der Waals surface area contributed by atoms with Gasteiger partial charge in [0, 0.05) is 0 Å². The van der Waals surface area contributed by atoms with Crippen molar-refractivity contribution in [3.63, 3.8) is 0 Å². The second-order valence-electron chi connectivity index (χ2n) is 1.90. The van der Waals surface area contributed by atoms with Crippen molar-refractivity contribution in [2.45, 2.75) is 6.42 Å². The lowest BCUT2D eigenvalue weighted by Gasteiger charge is -1.90. The fraction of sp³-hybridized carbons (Fsp3) is 0.143. The largest absolute Gasteiger partial charge is 0.211 e. The predicted octanol–water partition coefficient (Wildman–Crippen LogP) is 2.95. The molecule has 0 atom stereocenters. The molecule has 54 valence electrons. The number of halogens is 3.